The molecule has 0 aliphatic carbocycles. The minimum atomic E-state index is -0.588. The zero-order valence-electron chi connectivity index (χ0n) is 10.5. The van der Waals surface area contributed by atoms with E-state index in [1.807, 2.05) is 6.07 Å². The van der Waals surface area contributed by atoms with Crippen LogP contribution in [0.5, 0.6) is 0 Å². The molecule has 6 nitrogen and oxygen atoms in total. The maximum absolute atomic E-state index is 12.2. The van der Waals surface area contributed by atoms with Crippen molar-refractivity contribution < 1.29 is 9.72 Å². The van der Waals surface area contributed by atoms with E-state index in [1.54, 1.807) is 13.8 Å². The van der Waals surface area contributed by atoms with Gasteiger partial charge >= 0.3 is 0 Å². The third-order valence-corrected chi connectivity index (χ3v) is 2.83. The number of rotatable bonds is 4. The zero-order chi connectivity index (χ0) is 14.6. The Morgan fingerprint density at radius 3 is 2.63 bits per heavy atom. The highest BCUT2D eigenvalue weighted by atomic mass is 35.5. The highest BCUT2D eigenvalue weighted by Gasteiger charge is 2.22. The maximum atomic E-state index is 12.2. The van der Waals surface area contributed by atoms with E-state index < -0.39 is 10.8 Å². The summed E-state index contributed by atoms with van der Waals surface area (Å²) in [5.74, 6) is -0.420. The van der Waals surface area contributed by atoms with Gasteiger partial charge in [0, 0.05) is 18.2 Å². The van der Waals surface area contributed by atoms with Gasteiger partial charge in [-0.2, -0.15) is 5.26 Å². The van der Waals surface area contributed by atoms with E-state index in [2.05, 4.69) is 0 Å². The molecule has 0 saturated carbocycles. The normalized spacial score (nSPS) is 10.1. The van der Waals surface area contributed by atoms with Gasteiger partial charge in [0.15, 0.2) is 0 Å². The molecule has 7 heteroatoms. The third kappa shape index (κ3) is 3.42. The third-order valence-electron chi connectivity index (χ3n) is 2.52. The molecule has 0 spiro atoms. The van der Waals surface area contributed by atoms with Crippen molar-refractivity contribution in [3.05, 3.63) is 38.9 Å². The topological polar surface area (TPSA) is 87.2 Å². The molecule has 0 N–H and O–H groups in total. The Hall–Kier alpha value is -2.13. The molecule has 0 fully saturated rings. The Bertz CT molecular complexity index is 552. The number of nitriles is 1. The predicted octanol–water partition coefficient (Wildman–Crippen LogP) is 2.62. The van der Waals surface area contributed by atoms with Crippen LogP contribution in [0.15, 0.2) is 18.2 Å². The van der Waals surface area contributed by atoms with Crippen molar-refractivity contribution in [2.45, 2.75) is 19.9 Å². The Kier molecular flexibility index (Phi) is 4.84. The van der Waals surface area contributed by atoms with E-state index in [1.165, 1.54) is 17.0 Å². The first-order valence-corrected chi connectivity index (χ1v) is 5.88. The number of carbonyl (C=O) groups is 1. The van der Waals surface area contributed by atoms with Crippen molar-refractivity contribution >= 4 is 23.2 Å². The van der Waals surface area contributed by atoms with Gasteiger partial charge in [-0.15, -0.1) is 0 Å². The van der Waals surface area contributed by atoms with Crippen LogP contribution in [0, 0.1) is 21.4 Å². The first-order valence-electron chi connectivity index (χ1n) is 5.50. The Balaban J connectivity index is 3.12. The van der Waals surface area contributed by atoms with Crippen LogP contribution in [0.25, 0.3) is 0 Å². The van der Waals surface area contributed by atoms with Gasteiger partial charge in [0.2, 0.25) is 0 Å². The van der Waals surface area contributed by atoms with Gasteiger partial charge in [-0.25, -0.2) is 0 Å². The molecule has 19 heavy (non-hydrogen) atoms. The van der Waals surface area contributed by atoms with Crippen molar-refractivity contribution in [1.82, 2.24) is 4.90 Å². The lowest BCUT2D eigenvalue weighted by Gasteiger charge is -2.24. The smallest absolute Gasteiger partial charge is 0.270 e. The minimum Gasteiger partial charge on any atom is -0.323 e. The summed E-state index contributed by atoms with van der Waals surface area (Å²) >= 11 is 5.88. The van der Waals surface area contributed by atoms with Gasteiger partial charge in [0.05, 0.1) is 21.6 Å². The first-order chi connectivity index (χ1) is 8.88. The number of nitro benzene ring substituents is 1. The van der Waals surface area contributed by atoms with Gasteiger partial charge < -0.3 is 4.90 Å². The lowest BCUT2D eigenvalue weighted by atomic mass is 10.1. The molecule has 0 atom stereocenters. The van der Waals surface area contributed by atoms with E-state index in [0.717, 1.165) is 6.07 Å². The molecule has 1 rings (SSSR count). The second-order valence-corrected chi connectivity index (χ2v) is 4.51. The average Bonchev–Trinajstić information content (AvgIpc) is 2.34. The van der Waals surface area contributed by atoms with Crippen LogP contribution in [0.4, 0.5) is 5.69 Å². The van der Waals surface area contributed by atoms with Crippen LogP contribution in [0.1, 0.15) is 24.2 Å². The summed E-state index contributed by atoms with van der Waals surface area (Å²) in [6, 6.07) is 5.37. The molecule has 1 amide bonds. The number of benzene rings is 1. The molecule has 1 aromatic rings. The quantitative estimate of drug-likeness (QED) is 0.482. The second kappa shape index (κ2) is 6.16. The molecular formula is C12H12ClN3O3. The number of nitrogens with zero attached hydrogens (tertiary/aromatic N) is 3. The SMILES string of the molecule is CC(C)N(CC#N)C(=O)c1ccc([N+](=O)[O-])cc1Cl. The van der Waals surface area contributed by atoms with Crippen molar-refractivity contribution in [3.63, 3.8) is 0 Å². The lowest BCUT2D eigenvalue weighted by Crippen LogP contribution is -2.37. The van der Waals surface area contributed by atoms with Gasteiger partial charge in [0.25, 0.3) is 11.6 Å². The summed E-state index contributed by atoms with van der Waals surface area (Å²) in [6.07, 6.45) is 0. The highest BCUT2D eigenvalue weighted by molar-refractivity contribution is 6.34. The molecule has 0 heterocycles. The summed E-state index contributed by atoms with van der Waals surface area (Å²) in [7, 11) is 0. The summed E-state index contributed by atoms with van der Waals surface area (Å²) < 4.78 is 0. The molecule has 0 aliphatic rings. The molecule has 100 valence electrons. The summed E-state index contributed by atoms with van der Waals surface area (Å²) in [5.41, 5.74) is -0.0332. The van der Waals surface area contributed by atoms with Crippen molar-refractivity contribution in [1.29, 1.82) is 5.26 Å². The van der Waals surface area contributed by atoms with E-state index >= 15 is 0 Å². The van der Waals surface area contributed by atoms with Crippen LogP contribution in [0.2, 0.25) is 5.02 Å². The monoisotopic (exact) mass is 281 g/mol. The van der Waals surface area contributed by atoms with Crippen molar-refractivity contribution in [2.24, 2.45) is 0 Å². The molecular weight excluding hydrogens is 270 g/mol. The van der Waals surface area contributed by atoms with Crippen molar-refractivity contribution in [2.75, 3.05) is 6.54 Å². The van der Waals surface area contributed by atoms with Crippen LogP contribution >= 0.6 is 11.6 Å². The molecule has 0 saturated heterocycles. The van der Waals surface area contributed by atoms with Gasteiger partial charge in [0.1, 0.15) is 6.54 Å². The number of amides is 1. The zero-order valence-corrected chi connectivity index (χ0v) is 11.2. The van der Waals surface area contributed by atoms with Crippen molar-refractivity contribution in [3.8, 4) is 6.07 Å². The first kappa shape index (κ1) is 14.9. The Labute approximate surface area is 115 Å². The molecule has 0 aliphatic heterocycles. The van der Waals surface area contributed by atoms with Gasteiger partial charge in [-0.05, 0) is 19.9 Å². The molecule has 0 radical (unpaired) electrons. The fourth-order valence-electron chi connectivity index (χ4n) is 1.51. The second-order valence-electron chi connectivity index (χ2n) is 4.11. The number of halogens is 1. The van der Waals surface area contributed by atoms with Gasteiger partial charge in [-0.1, -0.05) is 11.6 Å². The number of hydrogen-bond acceptors (Lipinski definition) is 4. The fourth-order valence-corrected chi connectivity index (χ4v) is 1.77. The predicted molar refractivity (Wildman–Crippen MR) is 69.9 cm³/mol. The number of non-ortho nitro benzene ring substituents is 1. The fraction of sp³-hybridized carbons (Fsp3) is 0.333. The van der Waals surface area contributed by atoms with Crippen LogP contribution in [0.3, 0.4) is 0 Å². The van der Waals surface area contributed by atoms with E-state index in [4.69, 9.17) is 16.9 Å². The standard InChI is InChI=1S/C12H12ClN3O3/c1-8(2)15(6-5-14)12(17)10-4-3-9(16(18)19)7-11(10)13/h3-4,7-8H,6H2,1-2H3. The van der Waals surface area contributed by atoms with Crippen LogP contribution in [-0.2, 0) is 0 Å². The average molecular weight is 282 g/mol. The molecule has 1 aromatic carbocycles. The lowest BCUT2D eigenvalue weighted by molar-refractivity contribution is -0.384. The minimum absolute atomic E-state index is 0.00258. The van der Waals surface area contributed by atoms with E-state index in [-0.39, 0.29) is 28.9 Å². The summed E-state index contributed by atoms with van der Waals surface area (Å²) in [4.78, 5) is 23.5. The largest absolute Gasteiger partial charge is 0.323 e. The molecule has 0 unspecified atom stereocenters. The Morgan fingerprint density at radius 2 is 2.21 bits per heavy atom. The van der Waals surface area contributed by atoms with Crippen LogP contribution in [-0.4, -0.2) is 28.3 Å². The summed E-state index contributed by atoms with van der Waals surface area (Å²) in [6.45, 7) is 3.48. The highest BCUT2D eigenvalue weighted by Crippen LogP contribution is 2.24. The number of hydrogen-bond donors (Lipinski definition) is 0. The number of carbonyl (C=O) groups excluding carboxylic acids is 1. The van der Waals surface area contributed by atoms with E-state index in [0.29, 0.717) is 0 Å². The maximum Gasteiger partial charge on any atom is 0.270 e. The summed E-state index contributed by atoms with van der Waals surface area (Å²) in [5, 5.41) is 19.3. The van der Waals surface area contributed by atoms with Gasteiger partial charge in [-0.3, -0.25) is 14.9 Å². The van der Waals surface area contributed by atoms with Crippen LogP contribution < -0.4 is 0 Å². The van der Waals surface area contributed by atoms with E-state index in [9.17, 15) is 14.9 Å². The Morgan fingerprint density at radius 1 is 1.58 bits per heavy atom. The number of nitro groups is 1. The molecule has 0 aromatic heterocycles. The molecule has 0 bridgehead atoms.